The Morgan fingerprint density at radius 1 is 0.848 bits per heavy atom. The molecular weight excluding hydrogens is 620 g/mol. The molecule has 0 saturated carbocycles. The van der Waals surface area contributed by atoms with Crippen LogP contribution in [0, 0.1) is 0 Å². The molecule has 0 saturated heterocycles. The van der Waals surface area contributed by atoms with Crippen molar-refractivity contribution in [2.24, 2.45) is 4.99 Å². The number of methoxy groups -OCH3 is 4. The molecule has 0 amide bonds. The summed E-state index contributed by atoms with van der Waals surface area (Å²) < 4.78 is 106. The van der Waals surface area contributed by atoms with E-state index in [1.165, 1.54) is 69.6 Å². The molecule has 1 N–H and O–H groups in total. The van der Waals surface area contributed by atoms with Gasteiger partial charge in [-0.15, -0.1) is 0 Å². The molecule has 0 aromatic heterocycles. The Labute approximate surface area is 261 Å². The highest BCUT2D eigenvalue weighted by atomic mass is 19.4. The van der Waals surface area contributed by atoms with E-state index >= 15 is 0 Å². The maximum Gasteiger partial charge on any atom is 0.416 e. The van der Waals surface area contributed by atoms with Gasteiger partial charge < -0.3 is 29.2 Å². The zero-order valence-electron chi connectivity index (χ0n) is 25.5. The molecule has 0 aliphatic carbocycles. The maximum atomic E-state index is 14.2. The van der Waals surface area contributed by atoms with Crippen LogP contribution in [0.25, 0.3) is 0 Å². The van der Waals surface area contributed by atoms with Crippen molar-refractivity contribution in [2.75, 3.05) is 28.4 Å². The van der Waals surface area contributed by atoms with Crippen molar-refractivity contribution in [3.63, 3.8) is 0 Å². The molecule has 0 fully saturated rings. The van der Waals surface area contributed by atoms with E-state index in [9.17, 15) is 31.1 Å². The molecule has 0 spiro atoms. The predicted octanol–water partition coefficient (Wildman–Crippen LogP) is 6.90. The molecule has 3 aromatic rings. The third-order valence-corrected chi connectivity index (χ3v) is 7.38. The van der Waals surface area contributed by atoms with Gasteiger partial charge in [0.15, 0.2) is 17.5 Å². The summed E-state index contributed by atoms with van der Waals surface area (Å²) in [4.78, 5) is 19.1. The summed E-state index contributed by atoms with van der Waals surface area (Å²) in [5, 5.41) is 2.91. The number of esters is 1. The van der Waals surface area contributed by atoms with Crippen molar-refractivity contribution in [3.8, 4) is 17.2 Å². The third-order valence-electron chi connectivity index (χ3n) is 7.38. The van der Waals surface area contributed by atoms with Crippen LogP contribution in [0.3, 0.4) is 0 Å². The molecule has 14 heteroatoms. The number of nitrogens with one attached hydrogen (secondary N) is 1. The minimum atomic E-state index is -4.79. The number of carbonyl (C=O) groups is 1. The van der Waals surface area contributed by atoms with E-state index < -0.39 is 42.0 Å². The number of rotatable bonds is 9. The lowest BCUT2D eigenvalue weighted by Crippen LogP contribution is -2.49. The van der Waals surface area contributed by atoms with E-state index in [-0.39, 0.29) is 34.9 Å². The quantitative estimate of drug-likeness (QED) is 0.199. The van der Waals surface area contributed by atoms with Gasteiger partial charge in [0.25, 0.3) is 0 Å². The lowest BCUT2D eigenvalue weighted by atomic mass is 9.91. The van der Waals surface area contributed by atoms with Crippen LogP contribution in [0.1, 0.15) is 40.8 Å². The smallest absolute Gasteiger partial charge is 0.416 e. The molecule has 3 aromatic carbocycles. The SMILES string of the molecule is COC(=O)C1=C(C)N(Cc2ccccc2C(F)(F)F)C(=NCc2cc(OC)c(OC)c(OC)c2)NC1c1ccccc1C(F)(F)F. The van der Waals surface area contributed by atoms with Gasteiger partial charge in [-0.3, -0.25) is 0 Å². The second-order valence-corrected chi connectivity index (χ2v) is 10.1. The Hall–Kier alpha value is -4.88. The van der Waals surface area contributed by atoms with Crippen LogP contribution >= 0.6 is 0 Å². The molecule has 1 unspecified atom stereocenters. The van der Waals surface area contributed by atoms with E-state index in [0.717, 1.165) is 19.2 Å². The summed E-state index contributed by atoms with van der Waals surface area (Å²) >= 11 is 0. The first kappa shape index (κ1) is 34.0. The lowest BCUT2D eigenvalue weighted by Gasteiger charge is -2.39. The highest BCUT2D eigenvalue weighted by molar-refractivity contribution is 5.96. The Balaban J connectivity index is 1.93. The number of hydrogen-bond acceptors (Lipinski definition) is 6. The molecule has 1 aliphatic heterocycles. The molecule has 1 aliphatic rings. The number of hydrogen-bond donors (Lipinski definition) is 1. The molecule has 1 atom stereocenters. The van der Waals surface area contributed by atoms with Gasteiger partial charge in [-0.25, -0.2) is 9.79 Å². The first-order valence-corrected chi connectivity index (χ1v) is 13.7. The summed E-state index contributed by atoms with van der Waals surface area (Å²) in [6, 6.07) is 11.3. The first-order chi connectivity index (χ1) is 21.7. The number of allylic oxidation sites excluding steroid dienone is 1. The summed E-state index contributed by atoms with van der Waals surface area (Å²) in [6.07, 6.45) is -9.49. The molecule has 4 rings (SSSR count). The van der Waals surface area contributed by atoms with E-state index in [4.69, 9.17) is 18.9 Å². The Kier molecular flexibility index (Phi) is 10.1. The van der Waals surface area contributed by atoms with Gasteiger partial charge in [-0.05, 0) is 47.9 Å². The van der Waals surface area contributed by atoms with E-state index in [0.29, 0.717) is 22.8 Å². The number of alkyl halides is 6. The van der Waals surface area contributed by atoms with Crippen molar-refractivity contribution >= 4 is 11.9 Å². The zero-order valence-corrected chi connectivity index (χ0v) is 25.5. The molecule has 0 radical (unpaired) electrons. The minimum Gasteiger partial charge on any atom is -0.493 e. The van der Waals surface area contributed by atoms with Crippen LogP contribution in [0.2, 0.25) is 0 Å². The lowest BCUT2D eigenvalue weighted by molar-refractivity contribution is -0.140. The van der Waals surface area contributed by atoms with Crippen molar-refractivity contribution in [1.82, 2.24) is 10.2 Å². The molecule has 0 bridgehead atoms. The average molecular weight is 652 g/mol. The van der Waals surface area contributed by atoms with E-state index in [2.05, 4.69) is 10.3 Å². The van der Waals surface area contributed by atoms with Gasteiger partial charge in [-0.1, -0.05) is 36.4 Å². The van der Waals surface area contributed by atoms with Crippen LogP contribution in [0.5, 0.6) is 17.2 Å². The third kappa shape index (κ3) is 7.00. The highest BCUT2D eigenvalue weighted by Gasteiger charge is 2.42. The summed E-state index contributed by atoms with van der Waals surface area (Å²) in [7, 11) is 5.32. The van der Waals surface area contributed by atoms with Crippen LogP contribution in [-0.4, -0.2) is 45.3 Å². The predicted molar refractivity (Wildman–Crippen MR) is 156 cm³/mol. The zero-order chi connectivity index (χ0) is 33.8. The highest BCUT2D eigenvalue weighted by Crippen LogP contribution is 2.41. The molecular formula is C32H31F6N3O5. The standard InChI is InChI=1S/C32H31F6N3O5/c1-18-26(29(42)46-5)27(21-11-7-9-13-23(21)32(36,37)38)40-30(41(18)17-20-10-6-8-12-22(20)31(33,34)35)39-16-19-14-24(43-2)28(45-4)25(15-19)44-3/h6-15,27H,16-17H2,1-5H3,(H,39,40). The first-order valence-electron chi connectivity index (χ1n) is 13.7. The summed E-state index contributed by atoms with van der Waals surface area (Å²) in [5.74, 6) is -0.119. The number of benzene rings is 3. The summed E-state index contributed by atoms with van der Waals surface area (Å²) in [5.41, 5.74) is -2.05. The fourth-order valence-electron chi connectivity index (χ4n) is 5.23. The molecule has 46 heavy (non-hydrogen) atoms. The van der Waals surface area contributed by atoms with E-state index in [1.54, 1.807) is 12.1 Å². The number of guanidine groups is 1. The van der Waals surface area contributed by atoms with Crippen molar-refractivity contribution in [3.05, 3.63) is 99.8 Å². The number of nitrogens with zero attached hydrogens (tertiary/aromatic N) is 2. The number of aliphatic imine (C=N–C) groups is 1. The number of ether oxygens (including phenoxy) is 4. The minimum absolute atomic E-state index is 0.0493. The number of halogens is 6. The largest absolute Gasteiger partial charge is 0.493 e. The van der Waals surface area contributed by atoms with Crippen LogP contribution in [0.15, 0.2) is 76.9 Å². The van der Waals surface area contributed by atoms with E-state index in [1.807, 2.05) is 0 Å². The second kappa shape index (κ2) is 13.6. The van der Waals surface area contributed by atoms with Gasteiger partial charge in [0.2, 0.25) is 5.75 Å². The van der Waals surface area contributed by atoms with Gasteiger partial charge >= 0.3 is 18.3 Å². The normalized spacial score (nSPS) is 16.3. The van der Waals surface area contributed by atoms with Crippen LogP contribution < -0.4 is 19.5 Å². The molecule has 8 nitrogen and oxygen atoms in total. The average Bonchev–Trinajstić information content (AvgIpc) is 3.03. The topological polar surface area (TPSA) is 81.6 Å². The fourth-order valence-corrected chi connectivity index (χ4v) is 5.23. The van der Waals surface area contributed by atoms with Crippen molar-refractivity contribution in [1.29, 1.82) is 0 Å². The van der Waals surface area contributed by atoms with Crippen LogP contribution in [0.4, 0.5) is 26.3 Å². The summed E-state index contributed by atoms with van der Waals surface area (Å²) in [6.45, 7) is 0.864. The monoisotopic (exact) mass is 651 g/mol. The van der Waals surface area contributed by atoms with Gasteiger partial charge in [0.1, 0.15) is 0 Å². The van der Waals surface area contributed by atoms with Crippen molar-refractivity contribution in [2.45, 2.75) is 38.4 Å². The number of carbonyl (C=O) groups excluding carboxylic acids is 1. The van der Waals surface area contributed by atoms with Gasteiger partial charge in [-0.2, -0.15) is 26.3 Å². The van der Waals surface area contributed by atoms with Crippen molar-refractivity contribution < 1.29 is 50.1 Å². The van der Waals surface area contributed by atoms with Gasteiger partial charge in [0, 0.05) is 5.70 Å². The Bertz CT molecular complexity index is 1630. The van der Waals surface area contributed by atoms with Crippen LogP contribution in [-0.2, 0) is 35.0 Å². The maximum absolute atomic E-state index is 14.2. The van der Waals surface area contributed by atoms with Gasteiger partial charge in [0.05, 0.1) is 64.3 Å². The fraction of sp³-hybridized carbons (Fsp3) is 0.312. The second-order valence-electron chi connectivity index (χ2n) is 10.1. The Morgan fingerprint density at radius 3 is 1.96 bits per heavy atom. The molecule has 246 valence electrons. The Morgan fingerprint density at radius 2 is 1.41 bits per heavy atom. The molecule has 1 heterocycles.